The van der Waals surface area contributed by atoms with E-state index >= 15 is 0 Å². The Morgan fingerprint density at radius 2 is 2.00 bits per heavy atom. The minimum absolute atomic E-state index is 0.658. The Hall–Kier alpha value is -1.10. The molecule has 0 spiro atoms. The molecule has 5 heteroatoms. The van der Waals surface area contributed by atoms with Gasteiger partial charge in [-0.1, -0.05) is 0 Å². The van der Waals surface area contributed by atoms with E-state index in [2.05, 4.69) is 15.6 Å². The fraction of sp³-hybridized carbons (Fsp3) is 0.500. The van der Waals surface area contributed by atoms with Crippen LogP contribution in [0.4, 0.5) is 11.4 Å². The van der Waals surface area contributed by atoms with E-state index in [-0.39, 0.29) is 0 Å². The lowest BCUT2D eigenvalue weighted by molar-refractivity contribution is 0.687. The van der Waals surface area contributed by atoms with Gasteiger partial charge in [0.1, 0.15) is 0 Å². The minimum Gasteiger partial charge on any atom is -0.384 e. The molecule has 0 amide bonds. The first-order valence-electron chi connectivity index (χ1n) is 4.95. The summed E-state index contributed by atoms with van der Waals surface area (Å²) in [4.78, 5) is 4.10. The molecule has 0 aromatic carbocycles. The highest BCUT2D eigenvalue weighted by Gasteiger charge is 1.96. The van der Waals surface area contributed by atoms with E-state index in [4.69, 9.17) is 0 Å². The summed E-state index contributed by atoms with van der Waals surface area (Å²) in [5, 5.41) is 6.36. The molecule has 0 bridgehead atoms. The van der Waals surface area contributed by atoms with Gasteiger partial charge < -0.3 is 10.6 Å². The quantitative estimate of drug-likeness (QED) is 0.769. The third-order valence-electron chi connectivity index (χ3n) is 1.84. The fourth-order valence-corrected chi connectivity index (χ4v) is 1.57. The predicted octanol–water partition coefficient (Wildman–Crippen LogP) is 1.30. The van der Waals surface area contributed by atoms with Crippen molar-refractivity contribution in [3.8, 4) is 0 Å². The SMILES string of the molecule is CCNc1cncc(NCCS(C)=O)c1. The van der Waals surface area contributed by atoms with Crippen molar-refractivity contribution in [2.45, 2.75) is 6.92 Å². The van der Waals surface area contributed by atoms with Gasteiger partial charge in [-0.2, -0.15) is 0 Å². The number of anilines is 2. The molecule has 0 saturated carbocycles. The number of nitrogens with zero attached hydrogens (tertiary/aromatic N) is 1. The number of hydrogen-bond donors (Lipinski definition) is 2. The van der Waals surface area contributed by atoms with Crippen molar-refractivity contribution in [1.82, 2.24) is 4.98 Å². The molecule has 1 aromatic heterocycles. The van der Waals surface area contributed by atoms with E-state index in [1.165, 1.54) is 0 Å². The van der Waals surface area contributed by atoms with Crippen LogP contribution in [0, 0.1) is 0 Å². The minimum atomic E-state index is -0.747. The van der Waals surface area contributed by atoms with Crippen molar-refractivity contribution in [2.75, 3.05) is 35.7 Å². The first kappa shape index (κ1) is 12.0. The third-order valence-corrected chi connectivity index (χ3v) is 2.62. The maximum atomic E-state index is 10.8. The second-order valence-corrected chi connectivity index (χ2v) is 4.75. The second-order valence-electron chi connectivity index (χ2n) is 3.20. The Bertz CT molecular complexity index is 330. The summed E-state index contributed by atoms with van der Waals surface area (Å²) in [7, 11) is -0.747. The highest BCUT2D eigenvalue weighted by Crippen LogP contribution is 2.11. The van der Waals surface area contributed by atoms with Gasteiger partial charge in [0.2, 0.25) is 0 Å². The lowest BCUT2D eigenvalue weighted by atomic mass is 10.3. The third kappa shape index (κ3) is 4.78. The fourth-order valence-electron chi connectivity index (χ4n) is 1.18. The molecule has 15 heavy (non-hydrogen) atoms. The van der Waals surface area contributed by atoms with E-state index < -0.39 is 10.8 Å². The van der Waals surface area contributed by atoms with Gasteiger partial charge in [-0.25, -0.2) is 0 Å². The molecule has 1 rings (SSSR count). The molecule has 0 fully saturated rings. The summed E-state index contributed by atoms with van der Waals surface area (Å²) < 4.78 is 10.8. The Labute approximate surface area is 92.9 Å². The zero-order valence-electron chi connectivity index (χ0n) is 9.12. The van der Waals surface area contributed by atoms with Crippen molar-refractivity contribution in [3.63, 3.8) is 0 Å². The van der Waals surface area contributed by atoms with Crippen LogP contribution in [0.3, 0.4) is 0 Å². The van der Waals surface area contributed by atoms with Crippen molar-refractivity contribution < 1.29 is 4.21 Å². The van der Waals surface area contributed by atoms with Gasteiger partial charge in [0.05, 0.1) is 23.8 Å². The van der Waals surface area contributed by atoms with Crippen LogP contribution in [-0.2, 0) is 10.8 Å². The van der Waals surface area contributed by atoms with Gasteiger partial charge in [-0.05, 0) is 13.0 Å². The van der Waals surface area contributed by atoms with Gasteiger partial charge >= 0.3 is 0 Å². The van der Waals surface area contributed by atoms with E-state index in [0.717, 1.165) is 17.9 Å². The number of nitrogens with one attached hydrogen (secondary N) is 2. The summed E-state index contributed by atoms with van der Waals surface area (Å²) >= 11 is 0. The molecule has 1 aromatic rings. The Balaban J connectivity index is 2.46. The van der Waals surface area contributed by atoms with Crippen LogP contribution in [0.15, 0.2) is 18.5 Å². The van der Waals surface area contributed by atoms with Crippen LogP contribution >= 0.6 is 0 Å². The summed E-state index contributed by atoms with van der Waals surface area (Å²) in [6.45, 7) is 3.63. The average molecular weight is 227 g/mol. The summed E-state index contributed by atoms with van der Waals surface area (Å²) in [6.07, 6.45) is 5.25. The second kappa shape index (κ2) is 6.40. The van der Waals surface area contributed by atoms with Crippen LogP contribution in [0.25, 0.3) is 0 Å². The molecule has 0 aliphatic heterocycles. The maximum absolute atomic E-state index is 10.8. The van der Waals surface area contributed by atoms with Crippen LogP contribution in [-0.4, -0.2) is 34.3 Å². The van der Waals surface area contributed by atoms with Gasteiger partial charge in [0, 0.05) is 35.9 Å². The molecule has 2 N–H and O–H groups in total. The van der Waals surface area contributed by atoms with Crippen molar-refractivity contribution in [3.05, 3.63) is 18.5 Å². The Morgan fingerprint density at radius 3 is 2.60 bits per heavy atom. The number of rotatable bonds is 6. The molecule has 0 radical (unpaired) electrons. The average Bonchev–Trinajstić information content (AvgIpc) is 2.18. The summed E-state index contributed by atoms with van der Waals surface area (Å²) in [5.41, 5.74) is 1.96. The van der Waals surface area contributed by atoms with E-state index in [1.807, 2.05) is 13.0 Å². The van der Waals surface area contributed by atoms with E-state index in [0.29, 0.717) is 12.3 Å². The standard InChI is InChI=1S/C10H17N3OS/c1-3-12-9-6-10(8-11-7-9)13-4-5-15(2)14/h6-8,12-13H,3-5H2,1-2H3. The lowest BCUT2D eigenvalue weighted by Crippen LogP contribution is -2.10. The van der Waals surface area contributed by atoms with Gasteiger partial charge in [0.25, 0.3) is 0 Å². The first-order chi connectivity index (χ1) is 7.22. The largest absolute Gasteiger partial charge is 0.384 e. The van der Waals surface area contributed by atoms with Crippen LogP contribution in [0.5, 0.6) is 0 Å². The van der Waals surface area contributed by atoms with E-state index in [1.54, 1.807) is 18.6 Å². The molecule has 0 aliphatic rings. The van der Waals surface area contributed by atoms with Gasteiger partial charge in [-0.3, -0.25) is 9.19 Å². The Morgan fingerprint density at radius 1 is 1.33 bits per heavy atom. The topological polar surface area (TPSA) is 54.0 Å². The summed E-state index contributed by atoms with van der Waals surface area (Å²) in [5.74, 6) is 0.658. The first-order valence-corrected chi connectivity index (χ1v) is 6.68. The van der Waals surface area contributed by atoms with Gasteiger partial charge in [-0.15, -0.1) is 0 Å². The molecule has 1 unspecified atom stereocenters. The van der Waals surface area contributed by atoms with Crippen LogP contribution < -0.4 is 10.6 Å². The normalized spacial score (nSPS) is 12.1. The number of aromatic nitrogens is 1. The van der Waals surface area contributed by atoms with Crippen LogP contribution in [0.1, 0.15) is 6.92 Å². The molecule has 84 valence electrons. The molecule has 1 heterocycles. The van der Waals surface area contributed by atoms with Crippen molar-refractivity contribution in [2.24, 2.45) is 0 Å². The van der Waals surface area contributed by atoms with Gasteiger partial charge in [0.15, 0.2) is 0 Å². The molecule has 4 nitrogen and oxygen atoms in total. The maximum Gasteiger partial charge on any atom is 0.0547 e. The zero-order chi connectivity index (χ0) is 11.1. The number of pyridine rings is 1. The highest BCUT2D eigenvalue weighted by molar-refractivity contribution is 7.84. The predicted molar refractivity (Wildman–Crippen MR) is 65.8 cm³/mol. The monoisotopic (exact) mass is 227 g/mol. The van der Waals surface area contributed by atoms with Crippen LogP contribution in [0.2, 0.25) is 0 Å². The number of hydrogen-bond acceptors (Lipinski definition) is 4. The highest BCUT2D eigenvalue weighted by atomic mass is 32.2. The molecule has 0 aliphatic carbocycles. The summed E-state index contributed by atoms with van der Waals surface area (Å²) in [6, 6.07) is 2.00. The Kier molecular flexibility index (Phi) is 5.10. The molecule has 1 atom stereocenters. The van der Waals surface area contributed by atoms with E-state index in [9.17, 15) is 4.21 Å². The van der Waals surface area contributed by atoms with Crippen molar-refractivity contribution >= 4 is 22.2 Å². The zero-order valence-corrected chi connectivity index (χ0v) is 9.93. The lowest BCUT2D eigenvalue weighted by Gasteiger charge is -2.07. The molecular weight excluding hydrogens is 210 g/mol. The smallest absolute Gasteiger partial charge is 0.0547 e. The molecule has 0 saturated heterocycles. The van der Waals surface area contributed by atoms with Crippen molar-refractivity contribution in [1.29, 1.82) is 0 Å². The molecular formula is C10H17N3OS.